The Bertz CT molecular complexity index is 928. The summed E-state index contributed by atoms with van der Waals surface area (Å²) in [5.74, 6) is -2.67. The highest BCUT2D eigenvalue weighted by Crippen LogP contribution is 2.64. The Labute approximate surface area is 228 Å². The standard InChI is InChI=1S/C30H48N2O6/c1-9-12-13-14-18-37-27(36)23-22-25(34)32(21(19-33)20(4)11-3)24(30(22)16-15-29(23,8)38-30)26(35)31(17-10-2)28(5,6)7/h9-10,20-24,33H,1-2,11-19H2,3-8H3/t20-,21-,22-,23+,24?,29-,30?/m0/s1. The van der Waals surface area contributed by atoms with Crippen LogP contribution in [0.25, 0.3) is 0 Å². The fourth-order valence-corrected chi connectivity index (χ4v) is 6.80. The number of aliphatic hydroxyl groups is 1. The number of fused-ring (bicyclic) bond motifs is 1. The van der Waals surface area contributed by atoms with Crippen molar-refractivity contribution in [1.29, 1.82) is 0 Å². The number of likely N-dealkylation sites (tertiary alicyclic amines) is 1. The molecule has 3 heterocycles. The molecule has 2 amide bonds. The number of allylic oxidation sites excluding steroid dienone is 1. The van der Waals surface area contributed by atoms with Crippen LogP contribution in [0.1, 0.15) is 80.1 Å². The van der Waals surface area contributed by atoms with Gasteiger partial charge < -0.3 is 24.4 Å². The molecule has 0 radical (unpaired) electrons. The number of ether oxygens (including phenoxy) is 2. The highest BCUT2D eigenvalue weighted by Gasteiger charge is 2.79. The zero-order valence-electron chi connectivity index (χ0n) is 24.2. The molecule has 3 aliphatic heterocycles. The van der Waals surface area contributed by atoms with Crippen LogP contribution < -0.4 is 0 Å². The van der Waals surface area contributed by atoms with Crippen LogP contribution in [0.3, 0.4) is 0 Å². The predicted octanol–water partition coefficient (Wildman–Crippen LogP) is 3.87. The molecule has 2 unspecified atom stereocenters. The normalized spacial score (nSPS) is 31.6. The van der Waals surface area contributed by atoms with Gasteiger partial charge in [-0.25, -0.2) is 0 Å². The van der Waals surface area contributed by atoms with Gasteiger partial charge in [-0.2, -0.15) is 0 Å². The zero-order valence-corrected chi connectivity index (χ0v) is 24.2. The second kappa shape index (κ2) is 11.5. The van der Waals surface area contributed by atoms with Gasteiger partial charge in [0, 0.05) is 12.1 Å². The first-order valence-electron chi connectivity index (χ1n) is 14.2. The molecule has 0 aromatic carbocycles. The Morgan fingerprint density at radius 2 is 1.95 bits per heavy atom. The summed E-state index contributed by atoms with van der Waals surface area (Å²) in [4.78, 5) is 45.6. The molecule has 38 heavy (non-hydrogen) atoms. The minimum atomic E-state index is -1.15. The lowest BCUT2D eigenvalue weighted by Crippen LogP contribution is -2.62. The number of hydrogen-bond acceptors (Lipinski definition) is 6. The van der Waals surface area contributed by atoms with E-state index in [1.54, 1.807) is 15.9 Å². The van der Waals surface area contributed by atoms with E-state index in [4.69, 9.17) is 9.47 Å². The average molecular weight is 533 g/mol. The molecule has 8 heteroatoms. The fraction of sp³-hybridized carbons (Fsp3) is 0.767. The molecule has 1 spiro atoms. The van der Waals surface area contributed by atoms with Gasteiger partial charge in [-0.1, -0.05) is 32.4 Å². The molecule has 0 saturated carbocycles. The van der Waals surface area contributed by atoms with E-state index < -0.39 is 46.6 Å². The van der Waals surface area contributed by atoms with Gasteiger partial charge in [0.05, 0.1) is 30.8 Å². The number of hydrogen-bond donors (Lipinski definition) is 1. The minimum absolute atomic E-state index is 0.0555. The molecular formula is C30H48N2O6. The molecule has 0 aromatic heterocycles. The minimum Gasteiger partial charge on any atom is -0.465 e. The Balaban J connectivity index is 2.07. The van der Waals surface area contributed by atoms with Gasteiger partial charge >= 0.3 is 5.97 Å². The molecule has 8 nitrogen and oxygen atoms in total. The van der Waals surface area contributed by atoms with Crippen molar-refractivity contribution in [2.45, 2.75) is 109 Å². The molecular weight excluding hydrogens is 484 g/mol. The van der Waals surface area contributed by atoms with E-state index in [0.29, 0.717) is 25.8 Å². The molecule has 214 valence electrons. The summed E-state index contributed by atoms with van der Waals surface area (Å²) < 4.78 is 12.4. The topological polar surface area (TPSA) is 96.4 Å². The zero-order chi connectivity index (χ0) is 28.5. The maximum Gasteiger partial charge on any atom is 0.312 e. The number of unbranched alkanes of at least 4 members (excludes halogenated alkanes) is 2. The molecule has 3 saturated heterocycles. The molecule has 3 fully saturated rings. The van der Waals surface area contributed by atoms with Gasteiger partial charge in [-0.15, -0.1) is 13.2 Å². The largest absolute Gasteiger partial charge is 0.465 e. The number of nitrogens with zero attached hydrogens (tertiary/aromatic N) is 2. The number of rotatable bonds is 13. The van der Waals surface area contributed by atoms with Gasteiger partial charge in [0.2, 0.25) is 11.8 Å². The summed E-state index contributed by atoms with van der Waals surface area (Å²) >= 11 is 0. The highest BCUT2D eigenvalue weighted by atomic mass is 16.6. The van der Waals surface area contributed by atoms with E-state index >= 15 is 0 Å². The van der Waals surface area contributed by atoms with Crippen LogP contribution in [0, 0.1) is 17.8 Å². The number of amides is 2. The van der Waals surface area contributed by atoms with Gasteiger partial charge in [-0.3, -0.25) is 14.4 Å². The van der Waals surface area contributed by atoms with E-state index in [-0.39, 0.29) is 30.9 Å². The van der Waals surface area contributed by atoms with Crippen molar-refractivity contribution < 1.29 is 29.0 Å². The van der Waals surface area contributed by atoms with Gasteiger partial charge in [-0.05, 0) is 65.7 Å². The average Bonchev–Trinajstić information content (AvgIpc) is 3.42. The molecule has 1 N–H and O–H groups in total. The Hall–Kier alpha value is -2.19. The maximum atomic E-state index is 14.4. The van der Waals surface area contributed by atoms with E-state index in [1.807, 2.05) is 47.6 Å². The van der Waals surface area contributed by atoms with Crippen LogP contribution in [0.5, 0.6) is 0 Å². The third-order valence-corrected chi connectivity index (χ3v) is 8.98. The maximum absolute atomic E-state index is 14.4. The smallest absolute Gasteiger partial charge is 0.312 e. The lowest BCUT2D eigenvalue weighted by atomic mass is 9.66. The molecule has 7 atom stereocenters. The molecule has 0 aromatic rings. The van der Waals surface area contributed by atoms with E-state index in [1.165, 1.54) is 0 Å². The number of carbonyl (C=O) groups is 3. The van der Waals surface area contributed by atoms with Crippen molar-refractivity contribution in [2.75, 3.05) is 19.8 Å². The fourth-order valence-electron chi connectivity index (χ4n) is 6.80. The first kappa shape index (κ1) is 30.4. The second-order valence-electron chi connectivity index (χ2n) is 12.5. The van der Waals surface area contributed by atoms with Crippen molar-refractivity contribution in [1.82, 2.24) is 9.80 Å². The number of aliphatic hydroxyl groups excluding tert-OH is 1. The van der Waals surface area contributed by atoms with Crippen molar-refractivity contribution in [3.05, 3.63) is 25.3 Å². The van der Waals surface area contributed by atoms with Gasteiger partial charge in [0.1, 0.15) is 17.6 Å². The van der Waals surface area contributed by atoms with Crippen LogP contribution in [0.4, 0.5) is 0 Å². The summed E-state index contributed by atoms with van der Waals surface area (Å²) in [6.45, 7) is 19.5. The van der Waals surface area contributed by atoms with Crippen LogP contribution in [0.2, 0.25) is 0 Å². The third-order valence-electron chi connectivity index (χ3n) is 8.98. The number of esters is 1. The van der Waals surface area contributed by atoms with Crippen LogP contribution >= 0.6 is 0 Å². The van der Waals surface area contributed by atoms with Crippen molar-refractivity contribution >= 4 is 17.8 Å². The van der Waals surface area contributed by atoms with Crippen molar-refractivity contribution in [3.63, 3.8) is 0 Å². The Morgan fingerprint density at radius 3 is 2.50 bits per heavy atom. The van der Waals surface area contributed by atoms with E-state index in [9.17, 15) is 19.5 Å². The van der Waals surface area contributed by atoms with Gasteiger partial charge in [0.25, 0.3) is 0 Å². The van der Waals surface area contributed by atoms with Crippen molar-refractivity contribution in [3.8, 4) is 0 Å². The van der Waals surface area contributed by atoms with E-state index in [0.717, 1.165) is 19.3 Å². The Morgan fingerprint density at radius 1 is 1.26 bits per heavy atom. The van der Waals surface area contributed by atoms with Crippen LogP contribution in [0.15, 0.2) is 25.3 Å². The monoisotopic (exact) mass is 532 g/mol. The Kier molecular flexibility index (Phi) is 9.19. The highest BCUT2D eigenvalue weighted by molar-refractivity contribution is 5.99. The molecule has 3 aliphatic rings. The van der Waals surface area contributed by atoms with Gasteiger partial charge in [0.15, 0.2) is 0 Å². The summed E-state index contributed by atoms with van der Waals surface area (Å²) in [5, 5.41) is 10.5. The first-order chi connectivity index (χ1) is 17.8. The first-order valence-corrected chi connectivity index (χ1v) is 14.2. The van der Waals surface area contributed by atoms with Crippen LogP contribution in [-0.4, -0.2) is 81.3 Å². The van der Waals surface area contributed by atoms with Crippen LogP contribution in [-0.2, 0) is 23.9 Å². The van der Waals surface area contributed by atoms with E-state index in [2.05, 4.69) is 13.2 Å². The lowest BCUT2D eigenvalue weighted by molar-refractivity contribution is -0.163. The molecule has 3 rings (SSSR count). The summed E-state index contributed by atoms with van der Waals surface area (Å²) in [6, 6.07) is -1.52. The number of carbonyl (C=O) groups excluding carboxylic acids is 3. The molecule has 0 aliphatic carbocycles. The quantitative estimate of drug-likeness (QED) is 0.220. The summed E-state index contributed by atoms with van der Waals surface area (Å²) in [7, 11) is 0. The summed E-state index contributed by atoms with van der Waals surface area (Å²) in [5.41, 5.74) is -2.58. The summed E-state index contributed by atoms with van der Waals surface area (Å²) in [6.07, 6.45) is 7.69. The molecule has 2 bridgehead atoms. The second-order valence-corrected chi connectivity index (χ2v) is 12.5. The lowest BCUT2D eigenvalue weighted by Gasteiger charge is -2.44. The third kappa shape index (κ3) is 5.06. The van der Waals surface area contributed by atoms with Crippen molar-refractivity contribution in [2.24, 2.45) is 17.8 Å². The predicted molar refractivity (Wildman–Crippen MR) is 146 cm³/mol. The SMILES string of the molecule is C=CCCCCOC(=O)[C@H]1[C@H]2C(=O)N([C@@H](CO)[C@@H](C)CC)C(C(=O)N(CC=C)C(C)(C)C)C23CC[C@]1(C)O3.